The highest BCUT2D eigenvalue weighted by atomic mass is 35.5. The summed E-state index contributed by atoms with van der Waals surface area (Å²) in [5, 5.41) is 2.46. The highest BCUT2D eigenvalue weighted by molar-refractivity contribution is 7.12. The Kier molecular flexibility index (Phi) is 4.60. The minimum absolute atomic E-state index is 0.106. The standard InChI is InChI=1S/C23H21ClN2O3S/c1-3-12(2)25-22(28)18-16-8-6-13-11-14(24)7-9-15(13)26(16)20(19(18)23(25)29)21(27)17-5-4-10-30-17/h4-12,16,18-20H,3H2,1-2H3/t12-,16-,18-,19-,20+/m0/s1. The third kappa shape index (κ3) is 2.63. The van der Waals surface area contributed by atoms with Gasteiger partial charge in [-0.1, -0.05) is 36.7 Å². The number of hydrogen-bond acceptors (Lipinski definition) is 5. The maximum absolute atomic E-state index is 13.6. The number of fused-ring (bicyclic) bond motifs is 5. The number of benzene rings is 1. The second-order valence-electron chi connectivity index (χ2n) is 8.10. The fourth-order valence-electron chi connectivity index (χ4n) is 5.05. The summed E-state index contributed by atoms with van der Waals surface area (Å²) in [4.78, 5) is 44.5. The van der Waals surface area contributed by atoms with Crippen molar-refractivity contribution < 1.29 is 14.4 Å². The van der Waals surface area contributed by atoms with Crippen molar-refractivity contribution in [2.24, 2.45) is 11.8 Å². The number of hydrogen-bond donors (Lipinski definition) is 0. The number of halogens is 1. The van der Waals surface area contributed by atoms with Gasteiger partial charge in [-0.2, -0.15) is 0 Å². The number of carbonyl (C=O) groups is 3. The lowest BCUT2D eigenvalue weighted by Gasteiger charge is -2.37. The van der Waals surface area contributed by atoms with Gasteiger partial charge in [-0.3, -0.25) is 19.3 Å². The molecule has 0 saturated carbocycles. The van der Waals surface area contributed by atoms with Crippen LogP contribution in [0.2, 0.25) is 5.02 Å². The highest BCUT2D eigenvalue weighted by Gasteiger charge is 2.64. The SMILES string of the molecule is CC[C@H](C)N1C(=O)[C@@H]2[C@H](C1=O)[C@H](C(=O)c1cccs1)N1c3ccc(Cl)cc3C=C[C@@H]21. The third-order valence-corrected chi connectivity index (χ3v) is 7.69. The molecule has 2 aromatic rings. The fraction of sp³-hybridized carbons (Fsp3) is 0.348. The molecule has 0 radical (unpaired) electrons. The maximum Gasteiger partial charge on any atom is 0.236 e. The number of imide groups is 1. The van der Waals surface area contributed by atoms with Crippen LogP contribution in [0.15, 0.2) is 41.8 Å². The second-order valence-corrected chi connectivity index (χ2v) is 9.49. The minimum atomic E-state index is -0.714. The summed E-state index contributed by atoms with van der Waals surface area (Å²) < 4.78 is 0. The molecule has 5 atom stereocenters. The molecule has 3 aliphatic rings. The summed E-state index contributed by atoms with van der Waals surface area (Å²) in [5.41, 5.74) is 1.73. The first-order valence-corrected chi connectivity index (χ1v) is 11.4. The molecule has 0 spiro atoms. The lowest BCUT2D eigenvalue weighted by Crippen LogP contribution is -2.50. The lowest BCUT2D eigenvalue weighted by atomic mass is 9.87. The van der Waals surface area contributed by atoms with E-state index in [4.69, 9.17) is 11.6 Å². The van der Waals surface area contributed by atoms with Crippen molar-refractivity contribution in [1.82, 2.24) is 4.90 Å². The Morgan fingerprint density at radius 1 is 1.20 bits per heavy atom. The average molecular weight is 441 g/mol. The normalized spacial score (nSPS) is 27.8. The molecule has 2 saturated heterocycles. The van der Waals surface area contributed by atoms with E-state index < -0.39 is 17.9 Å². The van der Waals surface area contributed by atoms with Crippen molar-refractivity contribution in [2.45, 2.75) is 38.4 Å². The number of rotatable bonds is 4. The largest absolute Gasteiger partial charge is 0.352 e. The van der Waals surface area contributed by atoms with Crippen LogP contribution in [-0.4, -0.2) is 40.6 Å². The Morgan fingerprint density at radius 2 is 1.97 bits per heavy atom. The van der Waals surface area contributed by atoms with Crippen molar-refractivity contribution in [1.29, 1.82) is 0 Å². The van der Waals surface area contributed by atoms with E-state index in [1.807, 2.05) is 54.5 Å². The van der Waals surface area contributed by atoms with Gasteiger partial charge >= 0.3 is 0 Å². The van der Waals surface area contributed by atoms with Gasteiger partial charge in [0, 0.05) is 16.8 Å². The number of likely N-dealkylation sites (tertiary alicyclic amines) is 1. The number of anilines is 1. The first-order valence-electron chi connectivity index (χ1n) is 10.1. The molecule has 0 N–H and O–H groups in total. The topological polar surface area (TPSA) is 57.7 Å². The Hall–Kier alpha value is -2.44. The molecule has 2 amide bonds. The van der Waals surface area contributed by atoms with Gasteiger partial charge in [0.05, 0.1) is 22.8 Å². The fourth-order valence-corrected chi connectivity index (χ4v) is 5.93. The van der Waals surface area contributed by atoms with Gasteiger partial charge in [0.2, 0.25) is 11.8 Å². The van der Waals surface area contributed by atoms with E-state index >= 15 is 0 Å². The number of thiophene rings is 1. The van der Waals surface area contributed by atoms with E-state index in [-0.39, 0.29) is 29.7 Å². The van der Waals surface area contributed by atoms with Crippen LogP contribution in [0.1, 0.15) is 35.5 Å². The molecule has 154 valence electrons. The maximum atomic E-state index is 13.6. The van der Waals surface area contributed by atoms with Gasteiger partial charge in [-0.25, -0.2) is 0 Å². The molecule has 1 aromatic carbocycles. The van der Waals surface area contributed by atoms with Crippen LogP contribution in [-0.2, 0) is 9.59 Å². The summed E-state index contributed by atoms with van der Waals surface area (Å²) in [6.45, 7) is 3.85. The van der Waals surface area contributed by atoms with Crippen LogP contribution in [0.5, 0.6) is 0 Å². The van der Waals surface area contributed by atoms with Crippen molar-refractivity contribution in [3.8, 4) is 0 Å². The molecule has 4 heterocycles. The molecule has 3 aliphatic heterocycles. The second kappa shape index (κ2) is 7.06. The average Bonchev–Trinajstić information content (AvgIpc) is 3.43. The number of carbonyl (C=O) groups excluding carboxylic acids is 3. The van der Waals surface area contributed by atoms with E-state index in [2.05, 4.69) is 0 Å². The van der Waals surface area contributed by atoms with Gasteiger partial charge in [0.15, 0.2) is 5.78 Å². The van der Waals surface area contributed by atoms with Gasteiger partial charge in [-0.15, -0.1) is 11.3 Å². The number of ketones is 1. The van der Waals surface area contributed by atoms with Gasteiger partial charge in [0.1, 0.15) is 6.04 Å². The first kappa shape index (κ1) is 19.5. The zero-order valence-corrected chi connectivity index (χ0v) is 18.2. The van der Waals surface area contributed by atoms with Crippen LogP contribution < -0.4 is 4.90 Å². The van der Waals surface area contributed by atoms with Crippen LogP contribution in [0.3, 0.4) is 0 Å². The summed E-state index contributed by atoms with van der Waals surface area (Å²) in [5.74, 6) is -1.74. The van der Waals surface area contributed by atoms with Crippen molar-refractivity contribution in [2.75, 3.05) is 4.90 Å². The number of amides is 2. The first-order chi connectivity index (χ1) is 14.4. The van der Waals surface area contributed by atoms with Gasteiger partial charge < -0.3 is 4.90 Å². The van der Waals surface area contributed by atoms with Gasteiger partial charge in [0.25, 0.3) is 0 Å². The summed E-state index contributed by atoms with van der Waals surface area (Å²) in [6.07, 6.45) is 4.58. The molecule has 5 rings (SSSR count). The van der Waals surface area contributed by atoms with Crippen molar-refractivity contribution >= 4 is 52.3 Å². The quantitative estimate of drug-likeness (QED) is 0.526. The molecular weight excluding hydrogens is 420 g/mol. The van der Waals surface area contributed by atoms with Crippen LogP contribution in [0.25, 0.3) is 6.08 Å². The molecular formula is C23H21ClN2O3S. The molecule has 0 bridgehead atoms. The van der Waals surface area contributed by atoms with Crippen molar-refractivity contribution in [3.63, 3.8) is 0 Å². The summed E-state index contributed by atoms with van der Waals surface area (Å²) >= 11 is 7.54. The minimum Gasteiger partial charge on any atom is -0.352 e. The Morgan fingerprint density at radius 3 is 2.67 bits per heavy atom. The molecule has 2 fully saturated rings. The summed E-state index contributed by atoms with van der Waals surface area (Å²) in [6, 6.07) is 7.90. The monoisotopic (exact) mass is 440 g/mol. The number of nitrogens with zero attached hydrogens (tertiary/aromatic N) is 2. The zero-order chi connectivity index (χ0) is 21.2. The highest BCUT2D eigenvalue weighted by Crippen LogP contribution is 2.50. The zero-order valence-electron chi connectivity index (χ0n) is 16.6. The predicted molar refractivity (Wildman–Crippen MR) is 118 cm³/mol. The smallest absolute Gasteiger partial charge is 0.236 e. The van der Waals surface area contributed by atoms with Crippen molar-refractivity contribution in [3.05, 3.63) is 57.3 Å². The Bertz CT molecular complexity index is 1080. The van der Waals surface area contributed by atoms with E-state index in [0.717, 1.165) is 11.3 Å². The molecule has 0 aliphatic carbocycles. The van der Waals surface area contributed by atoms with E-state index in [0.29, 0.717) is 16.3 Å². The lowest BCUT2D eigenvalue weighted by molar-refractivity contribution is -0.142. The predicted octanol–water partition coefficient (Wildman–Crippen LogP) is 4.27. The molecule has 0 unspecified atom stereocenters. The summed E-state index contributed by atoms with van der Waals surface area (Å²) in [7, 11) is 0. The Labute approximate surface area is 183 Å². The van der Waals surface area contributed by atoms with Crippen LogP contribution in [0.4, 0.5) is 5.69 Å². The number of Topliss-reactive ketones (excluding diaryl/α,β-unsaturated/α-hetero) is 1. The molecule has 5 nitrogen and oxygen atoms in total. The van der Waals surface area contributed by atoms with Crippen LogP contribution in [0, 0.1) is 11.8 Å². The van der Waals surface area contributed by atoms with E-state index in [1.54, 1.807) is 12.1 Å². The van der Waals surface area contributed by atoms with E-state index in [9.17, 15) is 14.4 Å². The van der Waals surface area contributed by atoms with Crippen LogP contribution >= 0.6 is 22.9 Å². The van der Waals surface area contributed by atoms with E-state index in [1.165, 1.54) is 16.2 Å². The molecule has 7 heteroatoms. The third-order valence-electron chi connectivity index (χ3n) is 6.57. The molecule has 30 heavy (non-hydrogen) atoms. The Balaban J connectivity index is 1.66. The molecule has 1 aromatic heterocycles. The van der Waals surface area contributed by atoms with Gasteiger partial charge in [-0.05, 0) is 48.6 Å².